The lowest BCUT2D eigenvalue weighted by Crippen LogP contribution is -2.35. The third-order valence-corrected chi connectivity index (χ3v) is 8.24. The van der Waals surface area contributed by atoms with E-state index in [1.165, 1.54) is 0 Å². The Kier molecular flexibility index (Phi) is 6.31. The highest BCUT2D eigenvalue weighted by Gasteiger charge is 2.47. The van der Waals surface area contributed by atoms with Crippen molar-refractivity contribution >= 4 is 23.9 Å². The molecule has 0 saturated carbocycles. The Bertz CT molecular complexity index is 1670. The zero-order valence-corrected chi connectivity index (χ0v) is 22.4. The van der Waals surface area contributed by atoms with Gasteiger partial charge in [-0.15, -0.1) is 0 Å². The van der Waals surface area contributed by atoms with Gasteiger partial charge in [-0.05, 0) is 44.5 Å². The van der Waals surface area contributed by atoms with Crippen LogP contribution in [-0.4, -0.2) is 42.2 Å². The summed E-state index contributed by atoms with van der Waals surface area (Å²) in [7, 11) is 0. The summed E-state index contributed by atoms with van der Waals surface area (Å²) >= 11 is 0. The van der Waals surface area contributed by atoms with E-state index >= 15 is 0 Å². The van der Waals surface area contributed by atoms with E-state index in [1.54, 1.807) is 0 Å². The van der Waals surface area contributed by atoms with Gasteiger partial charge in [0.15, 0.2) is 0 Å². The van der Waals surface area contributed by atoms with Crippen LogP contribution in [0, 0.1) is 5.92 Å². The van der Waals surface area contributed by atoms with Gasteiger partial charge in [0, 0.05) is 11.8 Å². The van der Waals surface area contributed by atoms with Gasteiger partial charge in [-0.3, -0.25) is 19.2 Å². The number of hydrogen-bond donors (Lipinski definition) is 0. The second-order valence-corrected chi connectivity index (χ2v) is 10.5. The van der Waals surface area contributed by atoms with Crippen molar-refractivity contribution < 1.29 is 33.5 Å². The van der Waals surface area contributed by atoms with Gasteiger partial charge in [-0.1, -0.05) is 102 Å². The van der Waals surface area contributed by atoms with Gasteiger partial charge in [-0.2, -0.15) is 0 Å². The number of hydroxylamine groups is 2. The maximum absolute atomic E-state index is 13.0. The number of benzene rings is 4. The number of rotatable bonds is 6. The first-order valence-corrected chi connectivity index (χ1v) is 13.8. The molecule has 1 fully saturated rings. The molecule has 7 rings (SSSR count). The molecule has 1 aliphatic heterocycles. The molecule has 0 bridgehead atoms. The predicted molar refractivity (Wildman–Crippen MR) is 151 cm³/mol. The van der Waals surface area contributed by atoms with Crippen molar-refractivity contribution in [1.29, 1.82) is 0 Å². The Hall–Kier alpha value is -5.24. The van der Waals surface area contributed by atoms with Gasteiger partial charge in [0.1, 0.15) is 19.1 Å². The molecule has 4 aromatic rings. The van der Waals surface area contributed by atoms with Crippen molar-refractivity contribution in [1.82, 2.24) is 5.06 Å². The summed E-state index contributed by atoms with van der Waals surface area (Å²) in [5.74, 6) is -4.41. The highest BCUT2D eigenvalue weighted by molar-refractivity contribution is 6.12. The highest BCUT2D eigenvalue weighted by Crippen LogP contribution is 2.45. The number of carbonyl (C=O) groups excluding carboxylic acids is 4. The third-order valence-electron chi connectivity index (χ3n) is 8.24. The minimum atomic E-state index is -1.40. The first-order chi connectivity index (χ1) is 20.5. The SMILES string of the molecule is O=C(OCC1c2ccccc2-c2ccccc21)ON1C(=O)CC(C(=O)OCC2c3ccccc3-c3ccccc32)C1=O. The molecule has 1 unspecified atom stereocenters. The number of amides is 2. The Labute approximate surface area is 241 Å². The Morgan fingerprint density at radius 1 is 0.619 bits per heavy atom. The number of carbonyl (C=O) groups is 4. The number of ether oxygens (including phenoxy) is 2. The molecule has 2 aliphatic carbocycles. The van der Waals surface area contributed by atoms with E-state index < -0.39 is 36.3 Å². The largest absolute Gasteiger partial charge is 0.533 e. The fourth-order valence-electron chi connectivity index (χ4n) is 6.29. The van der Waals surface area contributed by atoms with E-state index in [0.717, 1.165) is 44.5 Å². The lowest BCUT2D eigenvalue weighted by atomic mass is 9.98. The molecule has 42 heavy (non-hydrogen) atoms. The van der Waals surface area contributed by atoms with E-state index in [4.69, 9.17) is 14.3 Å². The second-order valence-electron chi connectivity index (χ2n) is 10.5. The monoisotopic (exact) mass is 559 g/mol. The van der Waals surface area contributed by atoms with Crippen LogP contribution >= 0.6 is 0 Å². The van der Waals surface area contributed by atoms with Gasteiger partial charge >= 0.3 is 12.1 Å². The van der Waals surface area contributed by atoms with Crippen LogP contribution in [0.25, 0.3) is 22.3 Å². The fourth-order valence-corrected chi connectivity index (χ4v) is 6.29. The summed E-state index contributed by atoms with van der Waals surface area (Å²) < 4.78 is 10.9. The molecule has 0 N–H and O–H groups in total. The number of hydrogen-bond acceptors (Lipinski definition) is 7. The number of esters is 1. The van der Waals surface area contributed by atoms with Crippen LogP contribution in [0.2, 0.25) is 0 Å². The lowest BCUT2D eigenvalue weighted by molar-refractivity contribution is -0.179. The first-order valence-electron chi connectivity index (χ1n) is 13.8. The van der Waals surface area contributed by atoms with Gasteiger partial charge in [-0.25, -0.2) is 4.79 Å². The molecule has 1 atom stereocenters. The van der Waals surface area contributed by atoms with Crippen molar-refractivity contribution in [3.8, 4) is 22.3 Å². The summed E-state index contributed by atoms with van der Waals surface area (Å²) in [6, 6.07) is 31.5. The molecule has 2 amide bonds. The Morgan fingerprint density at radius 3 is 1.48 bits per heavy atom. The van der Waals surface area contributed by atoms with Gasteiger partial charge in [0.05, 0.1) is 6.42 Å². The topological polar surface area (TPSA) is 99.2 Å². The molecule has 3 aliphatic rings. The summed E-state index contributed by atoms with van der Waals surface area (Å²) in [5, 5.41) is 0.310. The van der Waals surface area contributed by atoms with Crippen LogP contribution in [0.4, 0.5) is 4.79 Å². The van der Waals surface area contributed by atoms with Crippen molar-refractivity contribution in [3.05, 3.63) is 119 Å². The lowest BCUT2D eigenvalue weighted by Gasteiger charge is -2.17. The summed E-state index contributed by atoms with van der Waals surface area (Å²) in [6.45, 7) is -0.0308. The average molecular weight is 560 g/mol. The third kappa shape index (κ3) is 4.23. The summed E-state index contributed by atoms with van der Waals surface area (Å²) in [4.78, 5) is 56.0. The molecular formula is C34H25NO7. The number of fused-ring (bicyclic) bond motifs is 6. The standard InChI is InChI=1S/C34H25NO7/c36-31-17-28(33(38)40-18-29-24-13-5-1-9-20(24)21-10-2-6-14-25(21)29)32(37)35(31)42-34(39)41-19-30-26-15-7-3-11-22(26)23-12-4-8-16-27(23)30/h1-16,28-30H,17-19H2. The molecule has 0 spiro atoms. The molecule has 8 heteroatoms. The van der Waals surface area contributed by atoms with Crippen molar-refractivity contribution in [3.63, 3.8) is 0 Å². The zero-order chi connectivity index (χ0) is 28.8. The normalized spacial score (nSPS) is 17.0. The van der Waals surface area contributed by atoms with Crippen molar-refractivity contribution in [2.75, 3.05) is 13.2 Å². The summed E-state index contributed by atoms with van der Waals surface area (Å²) in [6.07, 6.45) is -1.65. The van der Waals surface area contributed by atoms with Gasteiger partial charge in [0.2, 0.25) is 0 Å². The van der Waals surface area contributed by atoms with Crippen molar-refractivity contribution in [2.24, 2.45) is 5.92 Å². The smallest absolute Gasteiger partial charge is 0.464 e. The van der Waals surface area contributed by atoms with E-state index in [1.807, 2.05) is 97.1 Å². The Morgan fingerprint density at radius 2 is 1.02 bits per heavy atom. The molecule has 0 aromatic heterocycles. The number of nitrogens with zero attached hydrogens (tertiary/aromatic N) is 1. The molecule has 0 radical (unpaired) electrons. The maximum atomic E-state index is 13.0. The first kappa shape index (κ1) is 25.7. The van der Waals surface area contributed by atoms with Gasteiger partial charge < -0.3 is 9.47 Å². The number of imide groups is 1. The summed E-state index contributed by atoms with van der Waals surface area (Å²) in [5.41, 5.74) is 8.34. The predicted octanol–water partition coefficient (Wildman–Crippen LogP) is 5.60. The van der Waals surface area contributed by atoms with Crippen LogP contribution in [0.15, 0.2) is 97.1 Å². The van der Waals surface area contributed by atoms with Gasteiger partial charge in [0.25, 0.3) is 11.8 Å². The molecule has 4 aromatic carbocycles. The average Bonchev–Trinajstić information content (AvgIpc) is 3.62. The Balaban J connectivity index is 0.979. The molecule has 1 heterocycles. The minimum absolute atomic E-state index is 0.0120. The van der Waals surface area contributed by atoms with Crippen LogP contribution in [0.1, 0.15) is 40.5 Å². The molecule has 1 saturated heterocycles. The molecular weight excluding hydrogens is 534 g/mol. The van der Waals surface area contributed by atoms with Crippen LogP contribution in [-0.2, 0) is 28.7 Å². The van der Waals surface area contributed by atoms with E-state index in [-0.39, 0.29) is 25.0 Å². The fraction of sp³-hybridized carbons (Fsp3) is 0.176. The van der Waals surface area contributed by atoms with E-state index in [0.29, 0.717) is 5.06 Å². The zero-order valence-electron chi connectivity index (χ0n) is 22.4. The molecule has 8 nitrogen and oxygen atoms in total. The minimum Gasteiger partial charge on any atom is -0.464 e. The van der Waals surface area contributed by atoms with Crippen LogP contribution in [0.5, 0.6) is 0 Å². The van der Waals surface area contributed by atoms with Crippen LogP contribution < -0.4 is 0 Å². The quantitative estimate of drug-likeness (QED) is 0.172. The molecule has 208 valence electrons. The maximum Gasteiger partial charge on any atom is 0.533 e. The second kappa shape index (κ2) is 10.3. The van der Waals surface area contributed by atoms with Crippen LogP contribution in [0.3, 0.4) is 0 Å². The highest BCUT2D eigenvalue weighted by atomic mass is 16.8. The van der Waals surface area contributed by atoms with E-state index in [9.17, 15) is 19.2 Å². The van der Waals surface area contributed by atoms with Crippen molar-refractivity contribution in [2.45, 2.75) is 18.3 Å². The van der Waals surface area contributed by atoms with E-state index in [2.05, 4.69) is 0 Å².